The minimum Gasteiger partial charge on any atom is -0.497 e. The molecule has 0 radical (unpaired) electrons. The Hall–Kier alpha value is -2.17. The Kier molecular flexibility index (Phi) is 5.97. The van der Waals surface area contributed by atoms with Crippen LogP contribution < -0.4 is 10.4 Å². The second kappa shape index (κ2) is 8.24. The molecular formula is C23H28O3Si. The lowest BCUT2D eigenvalue weighted by Gasteiger charge is -2.43. The lowest BCUT2D eigenvalue weighted by molar-refractivity contribution is -0.118. The third kappa shape index (κ3) is 4.23. The third-order valence-corrected chi connectivity index (χ3v) is 10.2. The Balaban J connectivity index is 1.92. The molecule has 3 nitrogen and oxygen atoms in total. The van der Waals surface area contributed by atoms with Gasteiger partial charge in [0.2, 0.25) is 0 Å². The summed E-state index contributed by atoms with van der Waals surface area (Å²) in [6.07, 6.45) is 4.06. The van der Waals surface area contributed by atoms with Crippen LogP contribution in [0.15, 0.2) is 73.0 Å². The van der Waals surface area contributed by atoms with E-state index < -0.39 is 8.32 Å². The van der Waals surface area contributed by atoms with Crippen molar-refractivity contribution < 1.29 is 14.0 Å². The van der Waals surface area contributed by atoms with E-state index in [9.17, 15) is 4.79 Å². The van der Waals surface area contributed by atoms with Gasteiger partial charge in [0.15, 0.2) is 5.78 Å². The highest BCUT2D eigenvalue weighted by atomic mass is 28.4. The van der Waals surface area contributed by atoms with Crippen molar-refractivity contribution in [2.75, 3.05) is 6.61 Å². The molecule has 142 valence electrons. The molecule has 2 aromatic rings. The van der Waals surface area contributed by atoms with Gasteiger partial charge in [0.25, 0.3) is 8.32 Å². The smallest absolute Gasteiger partial charge is 0.261 e. The zero-order valence-corrected chi connectivity index (χ0v) is 17.4. The maximum Gasteiger partial charge on any atom is 0.261 e. The third-order valence-electron chi connectivity index (χ3n) is 5.13. The molecule has 0 bridgehead atoms. The van der Waals surface area contributed by atoms with Crippen LogP contribution in [0.1, 0.15) is 33.6 Å². The molecule has 1 aliphatic rings. The zero-order chi connectivity index (χ0) is 19.3. The largest absolute Gasteiger partial charge is 0.497 e. The van der Waals surface area contributed by atoms with Crippen LogP contribution in [0.25, 0.3) is 0 Å². The molecule has 1 heterocycles. The Morgan fingerprint density at radius 2 is 1.56 bits per heavy atom. The van der Waals surface area contributed by atoms with E-state index in [0.29, 0.717) is 19.4 Å². The second-order valence-corrected chi connectivity index (χ2v) is 12.3. The van der Waals surface area contributed by atoms with Crippen LogP contribution in [0.4, 0.5) is 0 Å². The van der Waals surface area contributed by atoms with E-state index in [0.717, 1.165) is 0 Å². The molecule has 3 rings (SSSR count). The van der Waals surface area contributed by atoms with E-state index in [1.807, 2.05) is 12.1 Å². The Bertz CT molecular complexity index is 739. The van der Waals surface area contributed by atoms with Crippen molar-refractivity contribution in [2.45, 2.75) is 44.8 Å². The summed E-state index contributed by atoms with van der Waals surface area (Å²) in [6.45, 7) is 7.37. The van der Waals surface area contributed by atoms with E-state index in [1.54, 1.807) is 0 Å². The second-order valence-electron chi connectivity index (χ2n) is 8.03. The van der Waals surface area contributed by atoms with Crippen LogP contribution in [-0.4, -0.2) is 26.8 Å². The van der Waals surface area contributed by atoms with Crippen LogP contribution in [0, 0.1) is 0 Å². The molecule has 0 saturated heterocycles. The van der Waals surface area contributed by atoms with E-state index in [2.05, 4.69) is 69.3 Å². The molecule has 1 atom stereocenters. The summed E-state index contributed by atoms with van der Waals surface area (Å²) < 4.78 is 12.4. The average molecular weight is 381 g/mol. The van der Waals surface area contributed by atoms with Crippen molar-refractivity contribution in [1.82, 2.24) is 0 Å². The van der Waals surface area contributed by atoms with E-state index >= 15 is 0 Å². The van der Waals surface area contributed by atoms with Gasteiger partial charge in [0.1, 0.15) is 6.10 Å². The molecular weight excluding hydrogens is 352 g/mol. The van der Waals surface area contributed by atoms with Crippen molar-refractivity contribution in [2.24, 2.45) is 0 Å². The molecule has 2 aromatic carbocycles. The monoisotopic (exact) mass is 380 g/mol. The van der Waals surface area contributed by atoms with Gasteiger partial charge in [-0.1, -0.05) is 81.4 Å². The maximum absolute atomic E-state index is 11.6. The predicted molar refractivity (Wildman–Crippen MR) is 112 cm³/mol. The lowest BCUT2D eigenvalue weighted by Crippen LogP contribution is -2.66. The highest BCUT2D eigenvalue weighted by molar-refractivity contribution is 6.99. The van der Waals surface area contributed by atoms with Gasteiger partial charge < -0.3 is 9.16 Å². The molecule has 0 amide bonds. The summed E-state index contributed by atoms with van der Waals surface area (Å²) in [6, 6.07) is 21.2. The van der Waals surface area contributed by atoms with Crippen LogP contribution in [0.2, 0.25) is 5.04 Å². The number of ether oxygens (including phenoxy) is 1. The van der Waals surface area contributed by atoms with Gasteiger partial charge in [-0.25, -0.2) is 0 Å². The van der Waals surface area contributed by atoms with Crippen molar-refractivity contribution in [3.63, 3.8) is 0 Å². The molecule has 27 heavy (non-hydrogen) atoms. The average Bonchev–Trinajstić information content (AvgIpc) is 2.66. The fraction of sp³-hybridized carbons (Fsp3) is 0.348. The molecule has 4 heteroatoms. The zero-order valence-electron chi connectivity index (χ0n) is 16.4. The Morgan fingerprint density at radius 3 is 2.04 bits per heavy atom. The quantitative estimate of drug-likeness (QED) is 0.715. The van der Waals surface area contributed by atoms with Gasteiger partial charge in [-0.05, 0) is 15.4 Å². The topological polar surface area (TPSA) is 35.5 Å². The summed E-state index contributed by atoms with van der Waals surface area (Å²) in [5, 5.41) is 2.49. The number of benzene rings is 2. The minimum atomic E-state index is -2.51. The molecule has 0 aromatic heterocycles. The summed E-state index contributed by atoms with van der Waals surface area (Å²) in [7, 11) is -2.51. The molecule has 1 unspecified atom stereocenters. The first kappa shape index (κ1) is 19.6. The van der Waals surface area contributed by atoms with Gasteiger partial charge in [-0.2, -0.15) is 0 Å². The fourth-order valence-corrected chi connectivity index (χ4v) is 8.42. The Labute approximate surface area is 163 Å². The van der Waals surface area contributed by atoms with E-state index in [-0.39, 0.29) is 16.9 Å². The number of allylic oxidation sites excluding steroid dienone is 1. The first-order valence-corrected chi connectivity index (χ1v) is 11.4. The minimum absolute atomic E-state index is 0.0428. The summed E-state index contributed by atoms with van der Waals surface area (Å²) in [5.74, 6) is 0.122. The van der Waals surface area contributed by atoms with Gasteiger partial charge >= 0.3 is 0 Å². The molecule has 0 aliphatic carbocycles. The van der Waals surface area contributed by atoms with Crippen LogP contribution in [-0.2, 0) is 14.0 Å². The normalized spacial score (nSPS) is 17.6. The molecule has 0 N–H and O–H groups in total. The highest BCUT2D eigenvalue weighted by Crippen LogP contribution is 2.36. The number of rotatable bonds is 6. The highest BCUT2D eigenvalue weighted by Gasteiger charge is 2.50. The van der Waals surface area contributed by atoms with Gasteiger partial charge in [-0.3, -0.25) is 4.79 Å². The summed E-state index contributed by atoms with van der Waals surface area (Å²) >= 11 is 0. The molecule has 0 saturated carbocycles. The molecule has 0 fully saturated rings. The van der Waals surface area contributed by atoms with Crippen LogP contribution in [0.3, 0.4) is 0 Å². The number of hydrogen-bond donors (Lipinski definition) is 0. The Morgan fingerprint density at radius 1 is 1.00 bits per heavy atom. The van der Waals surface area contributed by atoms with E-state index in [4.69, 9.17) is 9.16 Å². The first-order chi connectivity index (χ1) is 12.9. The number of carbonyl (C=O) groups is 1. The maximum atomic E-state index is 11.6. The fourth-order valence-electron chi connectivity index (χ4n) is 3.84. The molecule has 0 spiro atoms. The first-order valence-electron chi connectivity index (χ1n) is 9.53. The van der Waals surface area contributed by atoms with Crippen molar-refractivity contribution in [3.05, 3.63) is 73.0 Å². The molecule has 1 aliphatic heterocycles. The van der Waals surface area contributed by atoms with Crippen molar-refractivity contribution >= 4 is 24.5 Å². The number of carbonyl (C=O) groups excluding carboxylic acids is 1. The number of hydrogen-bond acceptors (Lipinski definition) is 3. The summed E-state index contributed by atoms with van der Waals surface area (Å²) in [5.41, 5.74) is 0. The standard InChI is InChI=1S/C23H28O3Si/c1-23(2,3)27(21-10-6-4-7-11-21,22-12-8-5-9-13-22)26-17-15-20-18-19(24)14-16-25-20/h4-14,16,20H,15,17-18H2,1-3H3. The van der Waals surface area contributed by atoms with Gasteiger partial charge in [0.05, 0.1) is 6.26 Å². The SMILES string of the molecule is CC(C)(C)[Si](OCCC1CC(=O)C=CO1)(c1ccccc1)c1ccccc1. The summed E-state index contributed by atoms with van der Waals surface area (Å²) in [4.78, 5) is 11.6. The van der Waals surface area contributed by atoms with Gasteiger partial charge in [-0.15, -0.1) is 0 Å². The van der Waals surface area contributed by atoms with Crippen LogP contribution in [0.5, 0.6) is 0 Å². The van der Waals surface area contributed by atoms with E-state index in [1.165, 1.54) is 22.7 Å². The predicted octanol–water partition coefficient (Wildman–Crippen LogP) is 3.82. The number of ketones is 1. The van der Waals surface area contributed by atoms with Gasteiger partial charge in [0, 0.05) is 25.5 Å². The van der Waals surface area contributed by atoms with Crippen molar-refractivity contribution in [1.29, 1.82) is 0 Å². The van der Waals surface area contributed by atoms with Crippen molar-refractivity contribution in [3.8, 4) is 0 Å². The lowest BCUT2D eigenvalue weighted by atomic mass is 10.1. The van der Waals surface area contributed by atoms with Crippen LogP contribution >= 0.6 is 0 Å².